The minimum atomic E-state index is -0.602. The maximum absolute atomic E-state index is 12.2. The normalized spacial score (nSPS) is 15.6. The van der Waals surface area contributed by atoms with E-state index in [1.54, 1.807) is 19.9 Å². The molecule has 0 unspecified atom stereocenters. The molecule has 0 aliphatic heterocycles. The lowest BCUT2D eigenvalue weighted by atomic mass is 9.86. The molecule has 0 rings (SSSR count). The van der Waals surface area contributed by atoms with E-state index < -0.39 is 6.04 Å². The fraction of sp³-hybridized carbons (Fsp3) is 0.750. The molecule has 0 aromatic carbocycles. The maximum atomic E-state index is 12.2. The van der Waals surface area contributed by atoms with Crippen molar-refractivity contribution in [3.63, 3.8) is 0 Å². The Balaban J connectivity index is 4.98. The van der Waals surface area contributed by atoms with Gasteiger partial charge in [0.1, 0.15) is 0 Å². The van der Waals surface area contributed by atoms with E-state index >= 15 is 0 Å². The highest BCUT2D eigenvalue weighted by Crippen LogP contribution is 2.18. The van der Waals surface area contributed by atoms with E-state index in [0.717, 1.165) is 0 Å². The van der Waals surface area contributed by atoms with Crippen LogP contribution in [0.2, 0.25) is 0 Å². The molecule has 0 aromatic heterocycles. The van der Waals surface area contributed by atoms with Crippen LogP contribution in [0.4, 0.5) is 0 Å². The molecule has 3 N–H and O–H groups in total. The number of carbonyl (C=O) groups excluding carboxylic acids is 2. The van der Waals surface area contributed by atoms with Gasteiger partial charge in [-0.1, -0.05) is 40.7 Å². The summed E-state index contributed by atoms with van der Waals surface area (Å²) < 4.78 is 4.95. The second kappa shape index (κ2) is 8.17. The smallest absolute Gasteiger partial charge is 0.333 e. The topological polar surface area (TPSA) is 81.4 Å². The Morgan fingerprint density at radius 1 is 1.29 bits per heavy atom. The number of amides is 1. The molecule has 0 radical (unpaired) electrons. The van der Waals surface area contributed by atoms with Crippen LogP contribution in [0.15, 0.2) is 11.6 Å². The summed E-state index contributed by atoms with van der Waals surface area (Å²) >= 11 is 0. The summed E-state index contributed by atoms with van der Waals surface area (Å²) in [6.07, 6.45) is 1.73. The number of ether oxygens (including phenoxy) is 1. The van der Waals surface area contributed by atoms with E-state index in [9.17, 15) is 9.59 Å². The standard InChI is InChI=1S/C16H30N2O3/c1-8-21-15(20)11(4)9-12(10(2)3)18-14(19)13(17)16(5,6)7/h9-10,12-13H,8,17H2,1-7H3,(H,18,19)/t12-,13-/m1/s1. The average molecular weight is 298 g/mol. The summed E-state index contributed by atoms with van der Waals surface area (Å²) in [6.45, 7) is 13.5. The highest BCUT2D eigenvalue weighted by Gasteiger charge is 2.29. The molecule has 5 heteroatoms. The van der Waals surface area contributed by atoms with Gasteiger partial charge in [-0.25, -0.2) is 4.79 Å². The van der Waals surface area contributed by atoms with Gasteiger partial charge in [-0.05, 0) is 25.2 Å². The second-order valence-electron chi connectivity index (χ2n) is 6.69. The molecule has 0 spiro atoms. The SMILES string of the molecule is CCOC(=O)C(C)=C[C@@H](NC(=O)[C@@H](N)C(C)(C)C)C(C)C. The van der Waals surface area contributed by atoms with E-state index in [0.29, 0.717) is 12.2 Å². The average Bonchev–Trinajstić information content (AvgIpc) is 2.35. The Morgan fingerprint density at radius 2 is 1.81 bits per heavy atom. The maximum Gasteiger partial charge on any atom is 0.333 e. The fourth-order valence-electron chi connectivity index (χ4n) is 1.63. The van der Waals surface area contributed by atoms with Crippen LogP contribution in [-0.2, 0) is 14.3 Å². The predicted octanol–water partition coefficient (Wildman–Crippen LogP) is 2.01. The van der Waals surface area contributed by atoms with Gasteiger partial charge in [0.05, 0.1) is 18.7 Å². The summed E-state index contributed by atoms with van der Waals surface area (Å²) in [5.74, 6) is -0.433. The van der Waals surface area contributed by atoms with E-state index in [-0.39, 0.29) is 29.3 Å². The molecule has 0 saturated heterocycles. The zero-order valence-corrected chi connectivity index (χ0v) is 14.3. The van der Waals surface area contributed by atoms with Crippen molar-refractivity contribution in [1.29, 1.82) is 0 Å². The van der Waals surface area contributed by atoms with Gasteiger partial charge in [-0.15, -0.1) is 0 Å². The van der Waals surface area contributed by atoms with Gasteiger partial charge in [0, 0.05) is 5.57 Å². The Morgan fingerprint density at radius 3 is 2.19 bits per heavy atom. The Hall–Kier alpha value is -1.36. The minimum absolute atomic E-state index is 0.144. The molecule has 2 atom stereocenters. The number of hydrogen-bond donors (Lipinski definition) is 2. The molecule has 0 saturated carbocycles. The summed E-state index contributed by atoms with van der Waals surface area (Å²) in [4.78, 5) is 23.9. The highest BCUT2D eigenvalue weighted by atomic mass is 16.5. The number of nitrogens with one attached hydrogen (secondary N) is 1. The van der Waals surface area contributed by atoms with Crippen molar-refractivity contribution < 1.29 is 14.3 Å². The molecule has 122 valence electrons. The van der Waals surface area contributed by atoms with Crippen molar-refractivity contribution in [2.45, 2.75) is 60.5 Å². The molecule has 0 aliphatic rings. The molecule has 0 heterocycles. The second-order valence-corrected chi connectivity index (χ2v) is 6.69. The van der Waals surface area contributed by atoms with Crippen molar-refractivity contribution in [3.05, 3.63) is 11.6 Å². The summed E-state index contributed by atoms with van der Waals surface area (Å²) in [7, 11) is 0. The number of carbonyl (C=O) groups is 2. The van der Waals surface area contributed by atoms with Crippen LogP contribution in [0.3, 0.4) is 0 Å². The first kappa shape index (κ1) is 19.6. The predicted molar refractivity (Wildman–Crippen MR) is 84.6 cm³/mol. The number of nitrogens with two attached hydrogens (primary N) is 1. The van der Waals surface area contributed by atoms with Gasteiger partial charge in [0.25, 0.3) is 0 Å². The molecule has 0 fully saturated rings. The first-order valence-corrected chi connectivity index (χ1v) is 7.42. The largest absolute Gasteiger partial charge is 0.463 e. The lowest BCUT2D eigenvalue weighted by Gasteiger charge is -2.29. The zero-order chi connectivity index (χ0) is 16.8. The molecular formula is C16H30N2O3. The summed E-state index contributed by atoms with van der Waals surface area (Å²) in [6, 6.07) is -0.856. The van der Waals surface area contributed by atoms with Crippen LogP contribution in [0.25, 0.3) is 0 Å². The fourth-order valence-corrected chi connectivity index (χ4v) is 1.63. The van der Waals surface area contributed by atoms with Crippen LogP contribution in [0, 0.1) is 11.3 Å². The third kappa shape index (κ3) is 6.76. The molecule has 0 aliphatic carbocycles. The van der Waals surface area contributed by atoms with Gasteiger partial charge >= 0.3 is 5.97 Å². The zero-order valence-electron chi connectivity index (χ0n) is 14.3. The molecule has 0 bridgehead atoms. The molecule has 21 heavy (non-hydrogen) atoms. The van der Waals surface area contributed by atoms with Crippen LogP contribution < -0.4 is 11.1 Å². The van der Waals surface area contributed by atoms with Crippen molar-refractivity contribution >= 4 is 11.9 Å². The van der Waals surface area contributed by atoms with Crippen LogP contribution in [0.1, 0.15) is 48.5 Å². The monoisotopic (exact) mass is 298 g/mol. The van der Waals surface area contributed by atoms with Gasteiger partial charge in [-0.2, -0.15) is 0 Å². The Bertz CT molecular complexity index is 395. The third-order valence-corrected chi connectivity index (χ3v) is 3.27. The van der Waals surface area contributed by atoms with Crippen molar-refractivity contribution in [1.82, 2.24) is 5.32 Å². The van der Waals surface area contributed by atoms with Crippen molar-refractivity contribution in [2.24, 2.45) is 17.1 Å². The molecule has 1 amide bonds. The van der Waals surface area contributed by atoms with Gasteiger partial charge in [0.15, 0.2) is 0 Å². The Labute approximate surface area is 128 Å². The van der Waals surface area contributed by atoms with E-state index in [1.807, 2.05) is 34.6 Å². The van der Waals surface area contributed by atoms with Gasteiger partial charge < -0.3 is 15.8 Å². The highest BCUT2D eigenvalue weighted by molar-refractivity contribution is 5.88. The van der Waals surface area contributed by atoms with Crippen LogP contribution in [0.5, 0.6) is 0 Å². The summed E-state index contributed by atoms with van der Waals surface area (Å²) in [5, 5.41) is 2.90. The Kier molecular flexibility index (Phi) is 7.64. The van der Waals surface area contributed by atoms with E-state index in [4.69, 9.17) is 10.5 Å². The van der Waals surface area contributed by atoms with Crippen molar-refractivity contribution in [2.75, 3.05) is 6.61 Å². The van der Waals surface area contributed by atoms with Crippen LogP contribution in [-0.4, -0.2) is 30.6 Å². The third-order valence-electron chi connectivity index (χ3n) is 3.27. The van der Waals surface area contributed by atoms with Gasteiger partial charge in [-0.3, -0.25) is 4.79 Å². The summed E-state index contributed by atoms with van der Waals surface area (Å²) in [5.41, 5.74) is 6.13. The number of esters is 1. The number of rotatable bonds is 6. The van der Waals surface area contributed by atoms with Gasteiger partial charge in [0.2, 0.25) is 5.91 Å². The molecular weight excluding hydrogens is 268 g/mol. The minimum Gasteiger partial charge on any atom is -0.463 e. The quantitative estimate of drug-likeness (QED) is 0.580. The van der Waals surface area contributed by atoms with Crippen molar-refractivity contribution in [3.8, 4) is 0 Å². The lowest BCUT2D eigenvalue weighted by Crippen LogP contribution is -2.52. The molecule has 0 aromatic rings. The first-order chi connectivity index (χ1) is 9.50. The first-order valence-electron chi connectivity index (χ1n) is 7.42. The van der Waals surface area contributed by atoms with E-state index in [2.05, 4.69) is 5.32 Å². The van der Waals surface area contributed by atoms with Crippen LogP contribution >= 0.6 is 0 Å². The number of hydrogen-bond acceptors (Lipinski definition) is 4. The lowest BCUT2D eigenvalue weighted by molar-refractivity contribution is -0.138. The van der Waals surface area contributed by atoms with E-state index in [1.165, 1.54) is 0 Å². The molecule has 5 nitrogen and oxygen atoms in total.